The Morgan fingerprint density at radius 2 is 1.82 bits per heavy atom. The Morgan fingerprint density at radius 3 is 2.24 bits per heavy atom. The van der Waals surface area contributed by atoms with Crippen molar-refractivity contribution < 1.29 is 4.79 Å². The lowest BCUT2D eigenvalue weighted by Crippen LogP contribution is -2.35. The largest absolute Gasteiger partial charge is 0.384 e. The Bertz CT molecular complexity index is 409. The van der Waals surface area contributed by atoms with Gasteiger partial charge in [-0.05, 0) is 12.0 Å². The van der Waals surface area contributed by atoms with Gasteiger partial charge >= 0.3 is 0 Å². The molecule has 0 amide bonds. The van der Waals surface area contributed by atoms with E-state index in [0.717, 1.165) is 5.56 Å². The number of Topliss-reactive ketones (excluding diaryl/α,β-unsaturated/α-hetero) is 1. The van der Waals surface area contributed by atoms with E-state index >= 15 is 0 Å². The van der Waals surface area contributed by atoms with E-state index in [1.807, 2.05) is 26.0 Å². The minimum absolute atomic E-state index is 0.0403. The molecule has 1 unspecified atom stereocenters. The first-order valence-corrected chi connectivity index (χ1v) is 5.64. The summed E-state index contributed by atoms with van der Waals surface area (Å²) in [4.78, 5) is 11.6. The van der Waals surface area contributed by atoms with Crippen LogP contribution in [0.3, 0.4) is 0 Å². The zero-order chi connectivity index (χ0) is 13.0. The van der Waals surface area contributed by atoms with Crippen molar-refractivity contribution in [1.29, 1.82) is 5.41 Å². The number of nitrogens with two attached hydrogens (primary N) is 2. The van der Waals surface area contributed by atoms with E-state index in [1.54, 1.807) is 12.1 Å². The Hall–Kier alpha value is -1.68. The fraction of sp³-hybridized carbons (Fsp3) is 0.385. The topological polar surface area (TPSA) is 93.0 Å². The van der Waals surface area contributed by atoms with Gasteiger partial charge in [0.1, 0.15) is 5.84 Å². The van der Waals surface area contributed by atoms with Crippen molar-refractivity contribution in [1.82, 2.24) is 0 Å². The van der Waals surface area contributed by atoms with E-state index in [4.69, 9.17) is 16.9 Å². The van der Waals surface area contributed by atoms with Crippen LogP contribution in [-0.4, -0.2) is 17.7 Å². The van der Waals surface area contributed by atoms with Crippen molar-refractivity contribution >= 4 is 11.6 Å². The molecule has 4 nitrogen and oxygen atoms in total. The van der Waals surface area contributed by atoms with Gasteiger partial charge in [0.25, 0.3) is 0 Å². The maximum Gasteiger partial charge on any atom is 0.152 e. The summed E-state index contributed by atoms with van der Waals surface area (Å²) in [5.74, 6) is 0.0706. The molecule has 0 aliphatic rings. The first-order valence-electron chi connectivity index (χ1n) is 5.64. The molecular weight excluding hydrogens is 214 g/mol. The van der Waals surface area contributed by atoms with Gasteiger partial charge in [-0.15, -0.1) is 0 Å². The number of amidine groups is 1. The molecule has 5 N–H and O–H groups in total. The average molecular weight is 233 g/mol. The Morgan fingerprint density at radius 1 is 1.29 bits per heavy atom. The van der Waals surface area contributed by atoms with Crippen LogP contribution in [0.4, 0.5) is 0 Å². The lowest BCUT2D eigenvalue weighted by Gasteiger charge is -2.13. The molecule has 0 spiro atoms. The first-order chi connectivity index (χ1) is 7.91. The minimum atomic E-state index is -0.460. The Balaban J connectivity index is 2.69. The molecule has 0 saturated carbocycles. The third-order valence-electron chi connectivity index (χ3n) is 2.66. The third-order valence-corrected chi connectivity index (χ3v) is 2.66. The number of carbonyl (C=O) groups excluding carboxylic acids is 1. The SMILES string of the molecule is CC(C)C(=O)C(N)Cc1ccc(C(=N)N)cc1. The molecule has 0 bridgehead atoms. The van der Waals surface area contributed by atoms with Gasteiger partial charge in [-0.25, -0.2) is 0 Å². The van der Waals surface area contributed by atoms with Crippen molar-refractivity contribution in [2.75, 3.05) is 0 Å². The summed E-state index contributed by atoms with van der Waals surface area (Å²) in [7, 11) is 0. The second kappa shape index (κ2) is 5.59. The number of hydrogen-bond donors (Lipinski definition) is 3. The smallest absolute Gasteiger partial charge is 0.152 e. The summed E-state index contributed by atoms with van der Waals surface area (Å²) in [5.41, 5.74) is 12.9. The molecule has 0 aliphatic carbocycles. The zero-order valence-electron chi connectivity index (χ0n) is 10.2. The van der Waals surface area contributed by atoms with Crippen LogP contribution in [0.15, 0.2) is 24.3 Å². The summed E-state index contributed by atoms with van der Waals surface area (Å²) in [5, 5.41) is 7.27. The summed E-state index contributed by atoms with van der Waals surface area (Å²) in [6, 6.07) is 6.78. The van der Waals surface area contributed by atoms with Crippen LogP contribution < -0.4 is 11.5 Å². The zero-order valence-corrected chi connectivity index (χ0v) is 10.2. The number of hydrogen-bond acceptors (Lipinski definition) is 3. The van der Waals surface area contributed by atoms with Crippen molar-refractivity contribution in [2.24, 2.45) is 17.4 Å². The van der Waals surface area contributed by atoms with Gasteiger partial charge in [0.2, 0.25) is 0 Å². The van der Waals surface area contributed by atoms with E-state index in [2.05, 4.69) is 0 Å². The molecule has 1 aromatic carbocycles. The Labute approximate surface area is 102 Å². The molecule has 92 valence electrons. The molecule has 0 saturated heterocycles. The standard InChI is InChI=1S/C13H19N3O/c1-8(2)12(17)11(14)7-9-3-5-10(6-4-9)13(15)16/h3-6,8,11H,7,14H2,1-2H3,(H3,15,16). The van der Waals surface area contributed by atoms with Gasteiger partial charge in [0.05, 0.1) is 6.04 Å². The highest BCUT2D eigenvalue weighted by Crippen LogP contribution is 2.08. The molecule has 0 aliphatic heterocycles. The van der Waals surface area contributed by atoms with Crippen molar-refractivity contribution in [3.8, 4) is 0 Å². The molecule has 0 heterocycles. The molecule has 1 aromatic rings. The highest BCUT2D eigenvalue weighted by atomic mass is 16.1. The van der Waals surface area contributed by atoms with Crippen LogP contribution in [0.1, 0.15) is 25.0 Å². The second-order valence-corrected chi connectivity index (χ2v) is 4.48. The van der Waals surface area contributed by atoms with Crippen molar-refractivity contribution in [3.63, 3.8) is 0 Å². The monoisotopic (exact) mass is 233 g/mol. The van der Waals surface area contributed by atoms with Crippen LogP contribution in [0.25, 0.3) is 0 Å². The van der Waals surface area contributed by atoms with Gasteiger partial charge in [-0.3, -0.25) is 10.2 Å². The molecular formula is C13H19N3O. The quantitative estimate of drug-likeness (QED) is 0.524. The van der Waals surface area contributed by atoms with E-state index in [1.165, 1.54) is 0 Å². The van der Waals surface area contributed by atoms with Gasteiger partial charge < -0.3 is 11.5 Å². The lowest BCUT2D eigenvalue weighted by molar-refractivity contribution is -0.123. The second-order valence-electron chi connectivity index (χ2n) is 4.48. The van der Waals surface area contributed by atoms with Crippen LogP contribution in [0.5, 0.6) is 0 Å². The first kappa shape index (κ1) is 13.4. The molecule has 1 rings (SSSR count). The van der Waals surface area contributed by atoms with E-state index < -0.39 is 6.04 Å². The van der Waals surface area contributed by atoms with Gasteiger partial charge in [0, 0.05) is 11.5 Å². The van der Waals surface area contributed by atoms with Crippen molar-refractivity contribution in [2.45, 2.75) is 26.3 Å². The number of nitrogens with one attached hydrogen (secondary N) is 1. The minimum Gasteiger partial charge on any atom is -0.384 e. The van der Waals surface area contributed by atoms with Crippen LogP contribution in [0, 0.1) is 11.3 Å². The van der Waals surface area contributed by atoms with Crippen molar-refractivity contribution in [3.05, 3.63) is 35.4 Å². The maximum absolute atomic E-state index is 11.6. The lowest BCUT2D eigenvalue weighted by atomic mass is 9.96. The summed E-state index contributed by atoms with van der Waals surface area (Å²) in [6.45, 7) is 3.70. The predicted octanol–water partition coefficient (Wildman–Crippen LogP) is 1.07. The number of ketones is 1. The normalized spacial score (nSPS) is 12.5. The van der Waals surface area contributed by atoms with Gasteiger partial charge in [0.15, 0.2) is 5.78 Å². The van der Waals surface area contributed by atoms with Gasteiger partial charge in [-0.2, -0.15) is 0 Å². The fourth-order valence-electron chi connectivity index (χ4n) is 1.60. The highest BCUT2D eigenvalue weighted by Gasteiger charge is 2.17. The highest BCUT2D eigenvalue weighted by molar-refractivity contribution is 5.94. The van der Waals surface area contributed by atoms with Crippen LogP contribution >= 0.6 is 0 Å². The van der Waals surface area contributed by atoms with Crippen LogP contribution in [-0.2, 0) is 11.2 Å². The third kappa shape index (κ3) is 3.67. The van der Waals surface area contributed by atoms with E-state index in [0.29, 0.717) is 12.0 Å². The molecule has 0 radical (unpaired) electrons. The molecule has 0 aromatic heterocycles. The maximum atomic E-state index is 11.6. The molecule has 0 fully saturated rings. The van der Waals surface area contributed by atoms with E-state index in [9.17, 15) is 4.79 Å². The predicted molar refractivity (Wildman–Crippen MR) is 69.0 cm³/mol. The number of rotatable bonds is 5. The molecule has 4 heteroatoms. The van der Waals surface area contributed by atoms with E-state index in [-0.39, 0.29) is 17.5 Å². The summed E-state index contributed by atoms with van der Waals surface area (Å²) >= 11 is 0. The Kier molecular flexibility index (Phi) is 4.40. The number of nitrogen functional groups attached to an aromatic ring is 1. The number of carbonyl (C=O) groups is 1. The average Bonchev–Trinajstić information content (AvgIpc) is 2.28. The summed E-state index contributed by atoms with van der Waals surface area (Å²) < 4.78 is 0. The summed E-state index contributed by atoms with van der Waals surface area (Å²) in [6.07, 6.45) is 0.523. The molecule has 17 heavy (non-hydrogen) atoms. The number of benzene rings is 1. The van der Waals surface area contributed by atoms with Crippen LogP contribution in [0.2, 0.25) is 0 Å². The molecule has 1 atom stereocenters. The van der Waals surface area contributed by atoms with Gasteiger partial charge in [-0.1, -0.05) is 38.1 Å². The fourth-order valence-corrected chi connectivity index (χ4v) is 1.60.